The molecule has 0 aliphatic carbocycles. The van der Waals surface area contributed by atoms with Crippen LogP contribution in [-0.4, -0.2) is 60.4 Å². The van der Waals surface area contributed by atoms with Crippen molar-refractivity contribution in [1.29, 1.82) is 0 Å². The first-order chi connectivity index (χ1) is 10.2. The van der Waals surface area contributed by atoms with Crippen LogP contribution in [0.2, 0.25) is 0 Å². The van der Waals surface area contributed by atoms with Crippen LogP contribution in [0.4, 0.5) is 0 Å². The molecule has 0 aromatic carbocycles. The molecule has 21 heavy (non-hydrogen) atoms. The molecular weight excluding hydrogens is 286 g/mol. The van der Waals surface area contributed by atoms with E-state index < -0.39 is 0 Å². The third kappa shape index (κ3) is 2.96. The molecule has 1 aromatic heterocycles. The van der Waals surface area contributed by atoms with Crippen LogP contribution in [-0.2, 0) is 4.79 Å². The number of hydrogen-bond acceptors (Lipinski definition) is 4. The molecule has 2 fully saturated rings. The topological polar surface area (TPSA) is 52.7 Å². The molecule has 0 saturated carbocycles. The predicted octanol–water partition coefficient (Wildman–Crippen LogP) is 1.17. The van der Waals surface area contributed by atoms with Crippen molar-refractivity contribution < 1.29 is 9.59 Å². The summed E-state index contributed by atoms with van der Waals surface area (Å²) in [6, 6.07) is 4.31. The first kappa shape index (κ1) is 14.5. The third-order valence-corrected chi connectivity index (χ3v) is 5.25. The van der Waals surface area contributed by atoms with Crippen LogP contribution >= 0.6 is 11.3 Å². The highest BCUT2D eigenvalue weighted by Crippen LogP contribution is 2.28. The van der Waals surface area contributed by atoms with Crippen LogP contribution in [0.25, 0.3) is 0 Å². The van der Waals surface area contributed by atoms with Crippen molar-refractivity contribution in [3.05, 3.63) is 22.4 Å². The number of nitrogens with zero attached hydrogens (tertiary/aromatic N) is 2. The second-order valence-corrected chi connectivity index (χ2v) is 6.77. The fraction of sp³-hybridized carbons (Fsp3) is 0.600. The van der Waals surface area contributed by atoms with Gasteiger partial charge >= 0.3 is 0 Å². The van der Waals surface area contributed by atoms with Gasteiger partial charge in [0, 0.05) is 25.7 Å². The van der Waals surface area contributed by atoms with E-state index >= 15 is 0 Å². The second-order valence-electron chi connectivity index (χ2n) is 5.82. The van der Waals surface area contributed by atoms with Crippen molar-refractivity contribution in [1.82, 2.24) is 15.1 Å². The first-order valence-corrected chi connectivity index (χ1v) is 8.35. The molecule has 2 unspecified atom stereocenters. The molecule has 3 rings (SSSR count). The number of hydrogen-bond donors (Lipinski definition) is 1. The number of carbonyl (C=O) groups excluding carboxylic acids is 2. The lowest BCUT2D eigenvalue weighted by atomic mass is 10.1. The molecule has 2 amide bonds. The number of thiophene rings is 1. The Hall–Kier alpha value is -1.40. The van der Waals surface area contributed by atoms with Gasteiger partial charge in [-0.05, 0) is 37.3 Å². The standard InChI is InChI=1S/C15H21N3O2S/c1-17(15(20)13-3-2-8-21-13)10-14(19)18-11-4-5-12(18)9-16-7-6-11/h2-3,8,11-12,16H,4-7,9-10H2,1H3. The second kappa shape index (κ2) is 6.15. The number of amides is 2. The molecule has 5 nitrogen and oxygen atoms in total. The molecule has 2 saturated heterocycles. The van der Waals surface area contributed by atoms with Crippen LogP contribution < -0.4 is 5.32 Å². The summed E-state index contributed by atoms with van der Waals surface area (Å²) in [4.78, 5) is 29.1. The van der Waals surface area contributed by atoms with E-state index in [4.69, 9.17) is 0 Å². The maximum atomic E-state index is 12.6. The minimum Gasteiger partial charge on any atom is -0.334 e. The van der Waals surface area contributed by atoms with E-state index in [0.717, 1.165) is 32.4 Å². The lowest BCUT2D eigenvalue weighted by Gasteiger charge is -2.29. The molecule has 0 radical (unpaired) electrons. The average molecular weight is 307 g/mol. The summed E-state index contributed by atoms with van der Waals surface area (Å²) in [6.45, 7) is 2.03. The average Bonchev–Trinajstić information content (AvgIpc) is 3.05. The summed E-state index contributed by atoms with van der Waals surface area (Å²) in [5, 5.41) is 5.27. The molecule has 2 aliphatic heterocycles. The van der Waals surface area contributed by atoms with Crippen LogP contribution in [0.3, 0.4) is 0 Å². The normalized spacial score (nSPS) is 24.7. The summed E-state index contributed by atoms with van der Waals surface area (Å²) in [5.74, 6) is 0.0113. The number of nitrogens with one attached hydrogen (secondary N) is 1. The van der Waals surface area contributed by atoms with Crippen molar-refractivity contribution in [2.75, 3.05) is 26.7 Å². The summed E-state index contributed by atoms with van der Waals surface area (Å²) in [6.07, 6.45) is 3.19. The van der Waals surface area contributed by atoms with Crippen molar-refractivity contribution in [2.45, 2.75) is 31.3 Å². The molecule has 0 spiro atoms. The van der Waals surface area contributed by atoms with Gasteiger partial charge in [-0.3, -0.25) is 9.59 Å². The molecular formula is C15H21N3O2S. The number of carbonyl (C=O) groups is 2. The Morgan fingerprint density at radius 2 is 2.19 bits per heavy atom. The van der Waals surface area contributed by atoms with E-state index in [1.54, 1.807) is 13.1 Å². The van der Waals surface area contributed by atoms with E-state index in [1.165, 1.54) is 16.2 Å². The molecule has 2 aliphatic rings. The first-order valence-electron chi connectivity index (χ1n) is 7.47. The van der Waals surface area contributed by atoms with E-state index in [2.05, 4.69) is 5.32 Å². The van der Waals surface area contributed by atoms with Gasteiger partial charge in [0.1, 0.15) is 0 Å². The van der Waals surface area contributed by atoms with Gasteiger partial charge in [-0.25, -0.2) is 0 Å². The van der Waals surface area contributed by atoms with Crippen molar-refractivity contribution >= 4 is 23.2 Å². The Morgan fingerprint density at radius 1 is 1.38 bits per heavy atom. The van der Waals surface area contributed by atoms with Gasteiger partial charge in [0.25, 0.3) is 5.91 Å². The lowest BCUT2D eigenvalue weighted by molar-refractivity contribution is -0.134. The van der Waals surface area contributed by atoms with Crippen LogP contribution in [0, 0.1) is 0 Å². The Labute approximate surface area is 128 Å². The predicted molar refractivity (Wildman–Crippen MR) is 82.4 cm³/mol. The molecule has 2 atom stereocenters. The number of likely N-dealkylation sites (N-methyl/N-ethyl adjacent to an activating group) is 1. The molecule has 2 bridgehead atoms. The Balaban J connectivity index is 1.64. The summed E-state index contributed by atoms with van der Waals surface area (Å²) in [5.41, 5.74) is 0. The van der Waals surface area contributed by atoms with Gasteiger partial charge in [0.05, 0.1) is 11.4 Å². The molecule has 1 N–H and O–H groups in total. The summed E-state index contributed by atoms with van der Waals surface area (Å²) >= 11 is 1.41. The SMILES string of the molecule is CN(CC(=O)N1C2CCNCC1CC2)C(=O)c1cccs1. The smallest absolute Gasteiger partial charge is 0.264 e. The maximum absolute atomic E-state index is 12.6. The minimum atomic E-state index is -0.0707. The van der Waals surface area contributed by atoms with Gasteiger partial charge in [0.2, 0.25) is 5.91 Å². The summed E-state index contributed by atoms with van der Waals surface area (Å²) in [7, 11) is 1.71. The van der Waals surface area contributed by atoms with Crippen LogP contribution in [0.5, 0.6) is 0 Å². The fourth-order valence-electron chi connectivity index (χ4n) is 3.33. The Kier molecular flexibility index (Phi) is 4.26. The molecule has 1 aromatic rings. The quantitative estimate of drug-likeness (QED) is 0.912. The van der Waals surface area contributed by atoms with Crippen LogP contribution in [0.1, 0.15) is 28.9 Å². The Bertz CT molecular complexity index is 503. The fourth-order valence-corrected chi connectivity index (χ4v) is 4.05. The maximum Gasteiger partial charge on any atom is 0.264 e. The zero-order valence-corrected chi connectivity index (χ0v) is 13.1. The van der Waals surface area contributed by atoms with E-state index in [-0.39, 0.29) is 18.4 Å². The third-order valence-electron chi connectivity index (χ3n) is 4.39. The van der Waals surface area contributed by atoms with Gasteiger partial charge in [0.15, 0.2) is 0 Å². The highest BCUT2D eigenvalue weighted by Gasteiger charge is 2.38. The number of fused-ring (bicyclic) bond motifs is 2. The van der Waals surface area contributed by atoms with Crippen LogP contribution in [0.15, 0.2) is 17.5 Å². The minimum absolute atomic E-state index is 0.0707. The van der Waals surface area contributed by atoms with Gasteiger partial charge in [-0.1, -0.05) is 6.07 Å². The zero-order valence-electron chi connectivity index (χ0n) is 12.2. The van der Waals surface area contributed by atoms with Crippen molar-refractivity contribution in [3.8, 4) is 0 Å². The zero-order chi connectivity index (χ0) is 14.8. The van der Waals surface area contributed by atoms with Crippen molar-refractivity contribution in [3.63, 3.8) is 0 Å². The van der Waals surface area contributed by atoms with Gasteiger partial charge in [-0.2, -0.15) is 0 Å². The molecule has 6 heteroatoms. The monoisotopic (exact) mass is 307 g/mol. The number of rotatable bonds is 3. The van der Waals surface area contributed by atoms with Gasteiger partial charge < -0.3 is 15.1 Å². The lowest BCUT2D eigenvalue weighted by Crippen LogP contribution is -2.47. The highest BCUT2D eigenvalue weighted by atomic mass is 32.1. The van der Waals surface area contributed by atoms with Gasteiger partial charge in [-0.15, -0.1) is 11.3 Å². The van der Waals surface area contributed by atoms with E-state index in [1.807, 2.05) is 16.3 Å². The Morgan fingerprint density at radius 3 is 2.95 bits per heavy atom. The molecule has 114 valence electrons. The summed E-state index contributed by atoms with van der Waals surface area (Å²) < 4.78 is 0. The van der Waals surface area contributed by atoms with Crippen molar-refractivity contribution in [2.24, 2.45) is 0 Å². The highest BCUT2D eigenvalue weighted by molar-refractivity contribution is 7.12. The van der Waals surface area contributed by atoms with E-state index in [9.17, 15) is 9.59 Å². The van der Waals surface area contributed by atoms with E-state index in [0.29, 0.717) is 17.0 Å². The molecule has 3 heterocycles. The largest absolute Gasteiger partial charge is 0.334 e.